The molecule has 1 unspecified atom stereocenters. The molecule has 1 N–H and O–H groups in total. The van der Waals surface area contributed by atoms with E-state index in [2.05, 4.69) is 34.2 Å². The first-order chi connectivity index (χ1) is 12.8. The smallest absolute Gasteiger partial charge is 0.330 e. The van der Waals surface area contributed by atoms with Gasteiger partial charge in [0.1, 0.15) is 0 Å². The van der Waals surface area contributed by atoms with Crippen LogP contribution in [0.15, 0.2) is 20.3 Å². The van der Waals surface area contributed by atoms with Gasteiger partial charge in [0.2, 0.25) is 5.89 Å². The van der Waals surface area contributed by atoms with E-state index in [0.717, 1.165) is 30.5 Å². The number of hydrogen-bond acceptors (Lipinski definition) is 7. The van der Waals surface area contributed by atoms with Crippen LogP contribution in [0.25, 0.3) is 0 Å². The molecule has 0 aromatic carbocycles. The molecule has 1 fully saturated rings. The molecule has 9 nitrogen and oxygen atoms in total. The van der Waals surface area contributed by atoms with E-state index in [0.29, 0.717) is 36.3 Å². The van der Waals surface area contributed by atoms with Gasteiger partial charge in [0.15, 0.2) is 5.82 Å². The zero-order valence-electron chi connectivity index (χ0n) is 16.8. The number of halogens is 1. The number of aromatic nitrogens is 4. The van der Waals surface area contributed by atoms with Crippen molar-refractivity contribution >= 4 is 12.4 Å². The van der Waals surface area contributed by atoms with Gasteiger partial charge < -0.3 is 14.4 Å². The molecule has 1 atom stereocenters. The van der Waals surface area contributed by atoms with Crippen LogP contribution < -0.4 is 16.6 Å². The Hall–Kier alpha value is -1.97. The lowest BCUT2D eigenvalue weighted by molar-refractivity contribution is 0.181. The lowest BCUT2D eigenvalue weighted by Crippen LogP contribution is -2.42. The van der Waals surface area contributed by atoms with E-state index < -0.39 is 0 Å². The van der Waals surface area contributed by atoms with Crippen LogP contribution in [-0.2, 0) is 33.6 Å². The first kappa shape index (κ1) is 22.3. The summed E-state index contributed by atoms with van der Waals surface area (Å²) >= 11 is 0. The summed E-state index contributed by atoms with van der Waals surface area (Å²) in [6, 6.07) is 0.277. The van der Waals surface area contributed by atoms with Crippen LogP contribution in [0.4, 0.5) is 0 Å². The summed E-state index contributed by atoms with van der Waals surface area (Å²) in [5.41, 5.74) is -0.00519. The summed E-state index contributed by atoms with van der Waals surface area (Å²) in [5, 5.41) is 7.46. The molecular weight excluding hydrogens is 384 g/mol. The molecule has 1 aliphatic heterocycles. The minimum Gasteiger partial charge on any atom is -0.339 e. The maximum Gasteiger partial charge on any atom is 0.330 e. The van der Waals surface area contributed by atoms with Gasteiger partial charge in [0.25, 0.3) is 5.56 Å². The number of nitrogens with zero attached hydrogens (tertiary/aromatic N) is 5. The van der Waals surface area contributed by atoms with Crippen molar-refractivity contribution in [1.29, 1.82) is 0 Å². The molecule has 0 bridgehead atoms. The van der Waals surface area contributed by atoms with Gasteiger partial charge in [-0.05, 0) is 18.9 Å². The van der Waals surface area contributed by atoms with Gasteiger partial charge in [0, 0.05) is 51.4 Å². The predicted molar refractivity (Wildman–Crippen MR) is 108 cm³/mol. The van der Waals surface area contributed by atoms with Gasteiger partial charge in [-0.2, -0.15) is 4.98 Å². The Bertz CT molecular complexity index is 897. The van der Waals surface area contributed by atoms with Gasteiger partial charge >= 0.3 is 5.69 Å². The van der Waals surface area contributed by atoms with E-state index >= 15 is 0 Å². The number of nitrogens with one attached hydrogen (secondary N) is 1. The van der Waals surface area contributed by atoms with Crippen molar-refractivity contribution in [3.05, 3.63) is 44.3 Å². The lowest BCUT2D eigenvalue weighted by atomic mass is 10.1. The number of rotatable bonds is 7. The van der Waals surface area contributed by atoms with E-state index in [9.17, 15) is 9.59 Å². The molecule has 10 heteroatoms. The second-order valence-electron chi connectivity index (χ2n) is 7.67. The average Bonchev–Trinajstić information content (AvgIpc) is 3.28. The van der Waals surface area contributed by atoms with Gasteiger partial charge in [-0.1, -0.05) is 19.0 Å². The topological polar surface area (TPSA) is 98.2 Å². The molecule has 0 aliphatic carbocycles. The zero-order valence-corrected chi connectivity index (χ0v) is 17.7. The van der Waals surface area contributed by atoms with E-state index in [1.165, 1.54) is 11.6 Å². The van der Waals surface area contributed by atoms with E-state index in [-0.39, 0.29) is 29.7 Å². The Morgan fingerprint density at radius 2 is 2.07 bits per heavy atom. The van der Waals surface area contributed by atoms with Crippen molar-refractivity contribution in [2.45, 2.75) is 45.8 Å². The van der Waals surface area contributed by atoms with Gasteiger partial charge in [-0.15, -0.1) is 12.4 Å². The van der Waals surface area contributed by atoms with Gasteiger partial charge in [-0.3, -0.25) is 14.3 Å². The molecule has 28 heavy (non-hydrogen) atoms. The Labute approximate surface area is 170 Å². The highest BCUT2D eigenvalue weighted by atomic mass is 35.5. The van der Waals surface area contributed by atoms with Crippen molar-refractivity contribution in [3.8, 4) is 0 Å². The number of aryl methyl sites for hydroxylation is 1. The van der Waals surface area contributed by atoms with Crippen LogP contribution in [0, 0.1) is 5.92 Å². The van der Waals surface area contributed by atoms with Crippen molar-refractivity contribution in [2.24, 2.45) is 20.0 Å². The lowest BCUT2D eigenvalue weighted by Gasteiger charge is -2.27. The molecule has 1 saturated heterocycles. The fraction of sp³-hybridized carbons (Fsp3) is 0.667. The highest BCUT2D eigenvalue weighted by Gasteiger charge is 2.25. The third-order valence-corrected chi connectivity index (χ3v) is 4.88. The Kier molecular flexibility index (Phi) is 7.56. The molecule has 0 amide bonds. The molecule has 3 rings (SSSR count). The van der Waals surface area contributed by atoms with Crippen LogP contribution >= 0.6 is 12.4 Å². The second kappa shape index (κ2) is 9.49. The van der Waals surface area contributed by atoms with Crippen LogP contribution in [0.1, 0.15) is 37.5 Å². The van der Waals surface area contributed by atoms with E-state index in [1.54, 1.807) is 13.2 Å². The predicted octanol–water partition coefficient (Wildman–Crippen LogP) is 0.451. The first-order valence-electron chi connectivity index (χ1n) is 9.37. The highest BCUT2D eigenvalue weighted by Crippen LogP contribution is 2.15. The first-order valence-corrected chi connectivity index (χ1v) is 9.37. The summed E-state index contributed by atoms with van der Waals surface area (Å²) in [7, 11) is 3.16. The Balaban J connectivity index is 0.00000280. The SMILES string of the molecule is CC(C)Cc1nc(CN(Cc2cn(C)c(=O)n(C)c2=O)C2CCNC2)no1.Cl. The monoisotopic (exact) mass is 412 g/mol. The van der Waals surface area contributed by atoms with Crippen molar-refractivity contribution in [1.82, 2.24) is 29.5 Å². The third kappa shape index (κ3) is 5.09. The molecule has 2 aromatic heterocycles. The molecule has 1 aliphatic rings. The quantitative estimate of drug-likeness (QED) is 0.705. The largest absolute Gasteiger partial charge is 0.339 e. The molecule has 0 saturated carbocycles. The molecular formula is C18H29ClN6O3. The van der Waals surface area contributed by atoms with Crippen molar-refractivity contribution in [3.63, 3.8) is 0 Å². The third-order valence-electron chi connectivity index (χ3n) is 4.88. The molecule has 3 heterocycles. The number of hydrogen-bond donors (Lipinski definition) is 1. The minimum absolute atomic E-state index is 0. The average molecular weight is 413 g/mol. The molecule has 0 radical (unpaired) electrons. The molecule has 2 aromatic rings. The molecule has 0 spiro atoms. The molecule has 156 valence electrons. The zero-order chi connectivity index (χ0) is 19.6. The fourth-order valence-corrected chi connectivity index (χ4v) is 3.44. The van der Waals surface area contributed by atoms with Crippen LogP contribution in [0.3, 0.4) is 0 Å². The van der Waals surface area contributed by atoms with Crippen molar-refractivity contribution < 1.29 is 4.52 Å². The van der Waals surface area contributed by atoms with Crippen LogP contribution in [-0.4, -0.2) is 43.3 Å². The maximum atomic E-state index is 12.5. The Morgan fingerprint density at radius 3 is 2.71 bits per heavy atom. The van der Waals surface area contributed by atoms with E-state index in [1.807, 2.05) is 0 Å². The summed E-state index contributed by atoms with van der Waals surface area (Å²) in [4.78, 5) is 31.1. The summed E-state index contributed by atoms with van der Waals surface area (Å²) < 4.78 is 7.94. The maximum absolute atomic E-state index is 12.5. The standard InChI is InChI=1S/C18H28N6O3.ClH/c1-12(2)7-16-20-15(21-27-16)11-24(14-5-6-19-8-14)10-13-9-22(3)18(26)23(4)17(13)25;/h9,12,14,19H,5-8,10-11H2,1-4H3;1H. The van der Waals surface area contributed by atoms with Crippen molar-refractivity contribution in [2.75, 3.05) is 13.1 Å². The van der Waals surface area contributed by atoms with Gasteiger partial charge in [-0.25, -0.2) is 4.79 Å². The normalized spacial score (nSPS) is 16.7. The Morgan fingerprint density at radius 1 is 1.32 bits per heavy atom. The highest BCUT2D eigenvalue weighted by molar-refractivity contribution is 5.85. The van der Waals surface area contributed by atoms with Gasteiger partial charge in [0.05, 0.1) is 6.54 Å². The summed E-state index contributed by atoms with van der Waals surface area (Å²) in [6.45, 7) is 6.94. The fourth-order valence-electron chi connectivity index (χ4n) is 3.44. The minimum atomic E-state index is -0.325. The summed E-state index contributed by atoms with van der Waals surface area (Å²) in [6.07, 6.45) is 3.36. The van der Waals surface area contributed by atoms with Crippen LogP contribution in [0.5, 0.6) is 0 Å². The summed E-state index contributed by atoms with van der Waals surface area (Å²) in [5.74, 6) is 1.71. The second-order valence-corrected chi connectivity index (χ2v) is 7.67. The van der Waals surface area contributed by atoms with E-state index in [4.69, 9.17) is 4.52 Å². The van der Waals surface area contributed by atoms with Crippen LogP contribution in [0.2, 0.25) is 0 Å².